The zero-order chi connectivity index (χ0) is 12.9. The van der Waals surface area contributed by atoms with Crippen LogP contribution < -0.4 is 0 Å². The Hall–Kier alpha value is -1.17. The van der Waals surface area contributed by atoms with Gasteiger partial charge in [0.05, 0.1) is 12.0 Å². The van der Waals surface area contributed by atoms with Gasteiger partial charge in [-0.2, -0.15) is 24.9 Å². The fourth-order valence-corrected chi connectivity index (χ4v) is 2.07. The van der Waals surface area contributed by atoms with Gasteiger partial charge in [-0.3, -0.25) is 4.79 Å². The van der Waals surface area contributed by atoms with E-state index >= 15 is 0 Å². The lowest BCUT2D eigenvalue weighted by atomic mass is 10.1. The molecule has 1 rings (SSSR count). The average Bonchev–Trinajstić information content (AvgIpc) is 2.23. The van der Waals surface area contributed by atoms with Crippen LogP contribution in [0.2, 0.25) is 0 Å². The average molecular weight is 264 g/mol. The number of benzene rings is 1. The van der Waals surface area contributed by atoms with Gasteiger partial charge < -0.3 is 5.11 Å². The summed E-state index contributed by atoms with van der Waals surface area (Å²) >= 11 is 1.31. The van der Waals surface area contributed by atoms with Crippen molar-refractivity contribution < 1.29 is 23.1 Å². The third kappa shape index (κ3) is 5.12. The van der Waals surface area contributed by atoms with Crippen LogP contribution >= 0.6 is 11.8 Å². The quantitative estimate of drug-likeness (QED) is 0.828. The Morgan fingerprint density at radius 3 is 2.65 bits per heavy atom. The van der Waals surface area contributed by atoms with E-state index < -0.39 is 17.7 Å². The second-order valence-corrected chi connectivity index (χ2v) is 4.50. The number of rotatable bonds is 5. The molecule has 0 amide bonds. The first-order valence-electron chi connectivity index (χ1n) is 4.85. The zero-order valence-corrected chi connectivity index (χ0v) is 9.64. The molecule has 0 bridgehead atoms. The number of thioether (sulfide) groups is 1. The van der Waals surface area contributed by atoms with E-state index in [4.69, 9.17) is 5.11 Å². The summed E-state index contributed by atoms with van der Waals surface area (Å²) in [4.78, 5) is 10.2. The minimum Gasteiger partial charge on any atom is -0.481 e. The predicted molar refractivity (Wildman–Crippen MR) is 59.9 cm³/mol. The van der Waals surface area contributed by atoms with Crippen molar-refractivity contribution in [3.8, 4) is 0 Å². The van der Waals surface area contributed by atoms with Crippen LogP contribution in [0.3, 0.4) is 0 Å². The van der Waals surface area contributed by atoms with Crippen molar-refractivity contribution in [1.82, 2.24) is 0 Å². The third-order valence-electron chi connectivity index (χ3n) is 1.98. The van der Waals surface area contributed by atoms with Crippen molar-refractivity contribution in [2.24, 2.45) is 0 Å². The number of carboxylic acid groups (broad SMARTS) is 1. The Labute approximate surface area is 101 Å². The van der Waals surface area contributed by atoms with Crippen LogP contribution in [0.4, 0.5) is 13.2 Å². The fraction of sp³-hybridized carbons (Fsp3) is 0.364. The molecule has 0 atom stereocenters. The first-order valence-corrected chi connectivity index (χ1v) is 6.01. The fourth-order valence-electron chi connectivity index (χ4n) is 1.19. The van der Waals surface area contributed by atoms with Crippen molar-refractivity contribution in [2.75, 3.05) is 5.75 Å². The Balaban J connectivity index is 2.52. The third-order valence-corrected chi connectivity index (χ3v) is 3.01. The van der Waals surface area contributed by atoms with E-state index in [2.05, 4.69) is 0 Å². The lowest BCUT2D eigenvalue weighted by molar-refractivity contribution is -0.138. The molecule has 0 aromatic heterocycles. The monoisotopic (exact) mass is 264 g/mol. The molecule has 1 aromatic rings. The summed E-state index contributed by atoms with van der Waals surface area (Å²) in [5.74, 6) is -0.121. The lowest BCUT2D eigenvalue weighted by Crippen LogP contribution is -2.05. The van der Waals surface area contributed by atoms with Gasteiger partial charge in [0.2, 0.25) is 0 Å². The van der Waals surface area contributed by atoms with Crippen molar-refractivity contribution in [3.63, 3.8) is 0 Å². The van der Waals surface area contributed by atoms with E-state index in [1.54, 1.807) is 6.07 Å². The van der Waals surface area contributed by atoms with Crippen molar-refractivity contribution in [3.05, 3.63) is 35.4 Å². The van der Waals surface area contributed by atoms with Crippen LogP contribution in [-0.2, 0) is 16.7 Å². The molecular weight excluding hydrogens is 253 g/mol. The maximum Gasteiger partial charge on any atom is 0.416 e. The highest BCUT2D eigenvalue weighted by Crippen LogP contribution is 2.30. The summed E-state index contributed by atoms with van der Waals surface area (Å²) in [7, 11) is 0. The van der Waals surface area contributed by atoms with Crippen molar-refractivity contribution in [1.29, 1.82) is 0 Å². The van der Waals surface area contributed by atoms with Crippen LogP contribution in [0.5, 0.6) is 0 Å². The molecule has 0 unspecified atom stereocenters. The Morgan fingerprint density at radius 1 is 1.35 bits per heavy atom. The molecule has 2 nitrogen and oxygen atoms in total. The first kappa shape index (κ1) is 13.9. The molecule has 0 spiro atoms. The SMILES string of the molecule is O=C(O)CCSCc1cccc(C(F)(F)F)c1. The number of carbonyl (C=O) groups is 1. The minimum absolute atomic E-state index is 0.0175. The Kier molecular flexibility index (Phi) is 4.86. The Morgan fingerprint density at radius 2 is 2.06 bits per heavy atom. The molecule has 0 aliphatic carbocycles. The standard InChI is InChI=1S/C11H11F3O2S/c12-11(13,14)9-3-1-2-8(6-9)7-17-5-4-10(15)16/h1-3,6H,4-5,7H2,(H,15,16). The van der Waals surface area contributed by atoms with E-state index in [-0.39, 0.29) is 6.42 Å². The normalized spacial score (nSPS) is 11.5. The number of hydrogen-bond donors (Lipinski definition) is 1. The van der Waals surface area contributed by atoms with Gasteiger partial charge in [-0.1, -0.05) is 18.2 Å². The van der Waals surface area contributed by atoms with Gasteiger partial charge >= 0.3 is 12.1 Å². The van der Waals surface area contributed by atoms with Gasteiger partial charge in [0.1, 0.15) is 0 Å². The molecule has 0 radical (unpaired) electrons. The van der Waals surface area contributed by atoms with Gasteiger partial charge in [-0.25, -0.2) is 0 Å². The van der Waals surface area contributed by atoms with Gasteiger partial charge in [-0.15, -0.1) is 0 Å². The highest BCUT2D eigenvalue weighted by molar-refractivity contribution is 7.98. The first-order chi connectivity index (χ1) is 7.89. The second-order valence-electron chi connectivity index (χ2n) is 3.39. The highest BCUT2D eigenvalue weighted by Gasteiger charge is 2.30. The van der Waals surface area contributed by atoms with Crippen molar-refractivity contribution in [2.45, 2.75) is 18.3 Å². The molecule has 17 heavy (non-hydrogen) atoms. The predicted octanol–water partition coefficient (Wildman–Crippen LogP) is 3.41. The summed E-state index contributed by atoms with van der Waals surface area (Å²) in [5, 5.41) is 8.40. The van der Waals surface area contributed by atoms with Gasteiger partial charge in [-0.05, 0) is 11.6 Å². The summed E-state index contributed by atoms with van der Waals surface area (Å²) in [5.41, 5.74) is -0.121. The van der Waals surface area contributed by atoms with Gasteiger partial charge in [0, 0.05) is 11.5 Å². The lowest BCUT2D eigenvalue weighted by Gasteiger charge is -2.08. The van der Waals surface area contributed by atoms with Gasteiger partial charge in [0.15, 0.2) is 0 Å². The van der Waals surface area contributed by atoms with E-state index in [9.17, 15) is 18.0 Å². The largest absolute Gasteiger partial charge is 0.481 e. The van der Waals surface area contributed by atoms with Crippen LogP contribution in [0, 0.1) is 0 Å². The Bertz CT molecular complexity index is 391. The molecule has 94 valence electrons. The summed E-state index contributed by atoms with van der Waals surface area (Å²) in [6, 6.07) is 5.07. The van der Waals surface area contributed by atoms with Crippen LogP contribution in [-0.4, -0.2) is 16.8 Å². The van der Waals surface area contributed by atoms with Crippen LogP contribution in [0.1, 0.15) is 17.5 Å². The molecule has 0 aliphatic heterocycles. The van der Waals surface area contributed by atoms with Crippen molar-refractivity contribution >= 4 is 17.7 Å². The van der Waals surface area contributed by atoms with E-state index in [0.717, 1.165) is 12.1 Å². The number of halogens is 3. The number of hydrogen-bond acceptors (Lipinski definition) is 2. The maximum absolute atomic E-state index is 12.4. The molecular formula is C11H11F3O2S. The van der Waals surface area contributed by atoms with E-state index in [0.29, 0.717) is 17.1 Å². The molecule has 0 saturated heterocycles. The molecule has 0 aliphatic rings. The van der Waals surface area contributed by atoms with Crippen LogP contribution in [0.25, 0.3) is 0 Å². The highest BCUT2D eigenvalue weighted by atomic mass is 32.2. The van der Waals surface area contributed by atoms with Crippen LogP contribution in [0.15, 0.2) is 24.3 Å². The number of alkyl halides is 3. The number of carboxylic acids is 1. The molecule has 6 heteroatoms. The molecule has 0 fully saturated rings. The molecule has 1 N–H and O–H groups in total. The maximum atomic E-state index is 12.4. The van der Waals surface area contributed by atoms with Gasteiger partial charge in [0.25, 0.3) is 0 Å². The summed E-state index contributed by atoms with van der Waals surface area (Å²) in [6.45, 7) is 0. The zero-order valence-electron chi connectivity index (χ0n) is 8.83. The minimum atomic E-state index is -4.33. The molecule has 0 saturated carbocycles. The number of aliphatic carboxylic acids is 1. The van der Waals surface area contributed by atoms with E-state index in [1.807, 2.05) is 0 Å². The second kappa shape index (κ2) is 5.95. The summed E-state index contributed by atoms with van der Waals surface area (Å²) < 4.78 is 37.1. The smallest absolute Gasteiger partial charge is 0.416 e. The topological polar surface area (TPSA) is 37.3 Å². The molecule has 0 heterocycles. The summed E-state index contributed by atoms with van der Waals surface area (Å²) in [6.07, 6.45) is -4.31. The molecule has 1 aromatic carbocycles. The van der Waals surface area contributed by atoms with E-state index in [1.165, 1.54) is 17.8 Å².